The number of ether oxygens (including phenoxy) is 2. The van der Waals surface area contributed by atoms with Gasteiger partial charge in [-0.25, -0.2) is 9.97 Å². The van der Waals surface area contributed by atoms with Crippen molar-refractivity contribution in [3.8, 4) is 0 Å². The number of hydrogen-bond donors (Lipinski definition) is 0. The van der Waals surface area contributed by atoms with E-state index < -0.39 is 0 Å². The standard InChI is InChI=1S/C18H20N4O3/c23-17(16-20-6-2-7-21-16)22-8-4-18(13-22)9-15(12-25-18)24-11-14-3-1-5-19-10-14/h1-3,5-7,10,15H,4,8-9,11-13H2/t15-,18+/m1/s1. The number of carbonyl (C=O) groups is 1. The van der Waals surface area contributed by atoms with Crippen molar-refractivity contribution in [2.75, 3.05) is 19.7 Å². The number of carbonyl (C=O) groups excluding carboxylic acids is 1. The maximum atomic E-state index is 12.5. The summed E-state index contributed by atoms with van der Waals surface area (Å²) in [4.78, 5) is 26.4. The van der Waals surface area contributed by atoms with Gasteiger partial charge in [-0.05, 0) is 24.1 Å². The molecule has 0 bridgehead atoms. The van der Waals surface area contributed by atoms with Crippen LogP contribution >= 0.6 is 0 Å². The summed E-state index contributed by atoms with van der Waals surface area (Å²) in [6.07, 6.45) is 8.38. The van der Waals surface area contributed by atoms with Gasteiger partial charge in [-0.1, -0.05) is 6.07 Å². The van der Waals surface area contributed by atoms with Crippen LogP contribution in [0.15, 0.2) is 43.0 Å². The number of rotatable bonds is 4. The van der Waals surface area contributed by atoms with Crippen LogP contribution < -0.4 is 0 Å². The Balaban J connectivity index is 1.33. The third-order valence-electron chi connectivity index (χ3n) is 4.74. The Hall–Kier alpha value is -2.38. The van der Waals surface area contributed by atoms with E-state index in [1.807, 2.05) is 12.1 Å². The average molecular weight is 340 g/mol. The van der Waals surface area contributed by atoms with Crippen molar-refractivity contribution in [1.82, 2.24) is 19.9 Å². The van der Waals surface area contributed by atoms with Crippen LogP contribution in [0.2, 0.25) is 0 Å². The Morgan fingerprint density at radius 3 is 3.00 bits per heavy atom. The molecule has 25 heavy (non-hydrogen) atoms. The van der Waals surface area contributed by atoms with Gasteiger partial charge in [0.15, 0.2) is 0 Å². The Morgan fingerprint density at radius 2 is 2.20 bits per heavy atom. The molecular formula is C18H20N4O3. The molecule has 0 radical (unpaired) electrons. The molecule has 4 rings (SSSR count). The second-order valence-corrected chi connectivity index (χ2v) is 6.54. The molecule has 2 atom stereocenters. The van der Waals surface area contributed by atoms with Crippen LogP contribution in [0, 0.1) is 0 Å². The molecule has 0 N–H and O–H groups in total. The smallest absolute Gasteiger partial charge is 0.291 e. The summed E-state index contributed by atoms with van der Waals surface area (Å²) < 4.78 is 12.0. The van der Waals surface area contributed by atoms with Gasteiger partial charge in [0.1, 0.15) is 0 Å². The van der Waals surface area contributed by atoms with Gasteiger partial charge >= 0.3 is 0 Å². The van der Waals surface area contributed by atoms with Crippen molar-refractivity contribution in [2.45, 2.75) is 31.2 Å². The molecule has 1 spiro atoms. The third kappa shape index (κ3) is 3.52. The van der Waals surface area contributed by atoms with Gasteiger partial charge in [-0.3, -0.25) is 9.78 Å². The molecule has 0 aromatic carbocycles. The summed E-state index contributed by atoms with van der Waals surface area (Å²) in [5.41, 5.74) is 0.747. The zero-order chi connectivity index (χ0) is 17.1. The highest BCUT2D eigenvalue weighted by Crippen LogP contribution is 2.36. The van der Waals surface area contributed by atoms with Crippen molar-refractivity contribution >= 4 is 5.91 Å². The summed E-state index contributed by atoms with van der Waals surface area (Å²) in [6.45, 7) is 2.31. The second-order valence-electron chi connectivity index (χ2n) is 6.54. The number of nitrogens with zero attached hydrogens (tertiary/aromatic N) is 4. The topological polar surface area (TPSA) is 77.4 Å². The zero-order valence-electron chi connectivity index (χ0n) is 13.9. The molecule has 7 heteroatoms. The Kier molecular flexibility index (Phi) is 4.42. The molecule has 1 amide bonds. The van der Waals surface area contributed by atoms with Crippen molar-refractivity contribution in [3.63, 3.8) is 0 Å². The van der Waals surface area contributed by atoms with E-state index in [-0.39, 0.29) is 23.4 Å². The van der Waals surface area contributed by atoms with E-state index in [1.54, 1.807) is 35.8 Å². The molecule has 2 aliphatic rings. The molecule has 2 fully saturated rings. The van der Waals surface area contributed by atoms with Gasteiger partial charge in [0.25, 0.3) is 5.91 Å². The Labute approximate surface area is 146 Å². The van der Waals surface area contributed by atoms with Gasteiger partial charge in [0, 0.05) is 37.8 Å². The molecule has 0 unspecified atom stereocenters. The van der Waals surface area contributed by atoms with Crippen LogP contribution in [0.4, 0.5) is 0 Å². The number of pyridine rings is 1. The SMILES string of the molecule is O=C(c1ncccn1)N1CC[C@]2(C[C@@H](OCc3cccnc3)CO2)C1. The fourth-order valence-corrected chi connectivity index (χ4v) is 3.46. The maximum Gasteiger partial charge on any atom is 0.291 e. The molecule has 0 aliphatic carbocycles. The number of amides is 1. The first kappa shape index (κ1) is 16.1. The second kappa shape index (κ2) is 6.85. The minimum Gasteiger partial charge on any atom is -0.371 e. The van der Waals surface area contributed by atoms with Crippen molar-refractivity contribution in [2.24, 2.45) is 0 Å². The molecule has 4 heterocycles. The highest BCUT2D eigenvalue weighted by molar-refractivity contribution is 5.90. The lowest BCUT2D eigenvalue weighted by molar-refractivity contribution is 0.000181. The van der Waals surface area contributed by atoms with Crippen molar-refractivity contribution in [3.05, 3.63) is 54.4 Å². The molecule has 130 valence electrons. The van der Waals surface area contributed by atoms with Gasteiger partial charge in [0.05, 0.1) is 31.5 Å². The fraction of sp³-hybridized carbons (Fsp3) is 0.444. The predicted octanol–water partition coefficient (Wildman–Crippen LogP) is 1.46. The fourth-order valence-electron chi connectivity index (χ4n) is 3.46. The lowest BCUT2D eigenvalue weighted by Crippen LogP contribution is -2.36. The highest BCUT2D eigenvalue weighted by atomic mass is 16.6. The van der Waals surface area contributed by atoms with E-state index >= 15 is 0 Å². The van der Waals surface area contributed by atoms with E-state index in [4.69, 9.17) is 9.47 Å². The lowest BCUT2D eigenvalue weighted by Gasteiger charge is -2.23. The summed E-state index contributed by atoms with van der Waals surface area (Å²) in [6, 6.07) is 5.60. The normalized spacial score (nSPS) is 25.6. The van der Waals surface area contributed by atoms with E-state index in [0.717, 1.165) is 18.4 Å². The van der Waals surface area contributed by atoms with Gasteiger partial charge in [-0.2, -0.15) is 0 Å². The van der Waals surface area contributed by atoms with Crippen LogP contribution in [0.25, 0.3) is 0 Å². The van der Waals surface area contributed by atoms with E-state index in [2.05, 4.69) is 15.0 Å². The Bertz CT molecular complexity index is 728. The summed E-state index contributed by atoms with van der Waals surface area (Å²) >= 11 is 0. The van der Waals surface area contributed by atoms with Gasteiger partial charge in [0.2, 0.25) is 5.82 Å². The minimum absolute atomic E-state index is 0.0447. The van der Waals surface area contributed by atoms with Crippen LogP contribution in [-0.4, -0.2) is 57.2 Å². The number of aromatic nitrogens is 3. The zero-order valence-corrected chi connectivity index (χ0v) is 13.9. The average Bonchev–Trinajstić information content (AvgIpc) is 3.28. The summed E-state index contributed by atoms with van der Waals surface area (Å²) in [5, 5.41) is 0. The lowest BCUT2D eigenvalue weighted by atomic mass is 9.98. The summed E-state index contributed by atoms with van der Waals surface area (Å²) in [5.74, 6) is 0.0997. The first-order valence-electron chi connectivity index (χ1n) is 8.45. The molecule has 0 saturated carbocycles. The molecule has 7 nitrogen and oxygen atoms in total. The van der Waals surface area contributed by atoms with Crippen LogP contribution in [0.1, 0.15) is 29.0 Å². The summed E-state index contributed by atoms with van der Waals surface area (Å²) in [7, 11) is 0. The first-order valence-corrected chi connectivity index (χ1v) is 8.45. The monoisotopic (exact) mass is 340 g/mol. The molecule has 2 aromatic rings. The van der Waals surface area contributed by atoms with Crippen molar-refractivity contribution in [1.29, 1.82) is 0 Å². The first-order chi connectivity index (χ1) is 12.2. The quantitative estimate of drug-likeness (QED) is 0.839. The van der Waals surface area contributed by atoms with Crippen LogP contribution in [0.5, 0.6) is 0 Å². The largest absolute Gasteiger partial charge is 0.371 e. The minimum atomic E-state index is -0.302. The molecule has 2 aromatic heterocycles. The van der Waals surface area contributed by atoms with Gasteiger partial charge < -0.3 is 14.4 Å². The molecular weight excluding hydrogens is 320 g/mol. The number of likely N-dealkylation sites (tertiary alicyclic amines) is 1. The molecule has 2 aliphatic heterocycles. The van der Waals surface area contributed by atoms with Crippen LogP contribution in [0.3, 0.4) is 0 Å². The van der Waals surface area contributed by atoms with Crippen molar-refractivity contribution < 1.29 is 14.3 Å². The predicted molar refractivity (Wildman–Crippen MR) is 88.7 cm³/mol. The van der Waals surface area contributed by atoms with E-state index in [9.17, 15) is 4.79 Å². The third-order valence-corrected chi connectivity index (χ3v) is 4.74. The van der Waals surface area contributed by atoms with E-state index in [1.165, 1.54) is 0 Å². The number of hydrogen-bond acceptors (Lipinski definition) is 6. The van der Waals surface area contributed by atoms with Gasteiger partial charge in [-0.15, -0.1) is 0 Å². The highest BCUT2D eigenvalue weighted by Gasteiger charge is 2.47. The van der Waals surface area contributed by atoms with E-state index in [0.29, 0.717) is 26.3 Å². The molecule has 2 saturated heterocycles. The van der Waals surface area contributed by atoms with Crippen LogP contribution in [-0.2, 0) is 16.1 Å². The Morgan fingerprint density at radius 1 is 1.32 bits per heavy atom. The maximum absolute atomic E-state index is 12.5.